The first-order chi connectivity index (χ1) is 8.83. The van der Waals surface area contributed by atoms with Crippen LogP contribution < -0.4 is 0 Å². The van der Waals surface area contributed by atoms with Gasteiger partial charge in [0, 0.05) is 18.6 Å². The summed E-state index contributed by atoms with van der Waals surface area (Å²) in [7, 11) is 0. The Labute approximate surface area is 114 Å². The molecule has 0 aromatic rings. The summed E-state index contributed by atoms with van der Waals surface area (Å²) in [4.78, 5) is 10.8. The SMILES string of the molecule is CCC(=O)SCCC(F)(F)C(F)CC(F)(F)C(F)(F)F. The first-order valence-electron chi connectivity index (χ1n) is 5.45. The van der Waals surface area contributed by atoms with Gasteiger partial charge in [0.25, 0.3) is 5.92 Å². The van der Waals surface area contributed by atoms with Gasteiger partial charge in [0.05, 0.1) is 6.42 Å². The van der Waals surface area contributed by atoms with Crippen LogP contribution in [0.5, 0.6) is 0 Å². The summed E-state index contributed by atoms with van der Waals surface area (Å²) >= 11 is 0.449. The van der Waals surface area contributed by atoms with Crippen LogP contribution >= 0.6 is 11.8 Å². The predicted octanol–water partition coefficient (Wildman–Crippen LogP) is 4.61. The van der Waals surface area contributed by atoms with E-state index in [9.17, 15) is 39.9 Å². The van der Waals surface area contributed by atoms with Crippen molar-refractivity contribution < 1.29 is 39.9 Å². The average Bonchev–Trinajstić information content (AvgIpc) is 2.26. The lowest BCUT2D eigenvalue weighted by molar-refractivity contribution is -0.293. The highest BCUT2D eigenvalue weighted by molar-refractivity contribution is 8.13. The number of carbonyl (C=O) groups excluding carboxylic acids is 1. The maximum absolute atomic E-state index is 13.1. The van der Waals surface area contributed by atoms with Crippen LogP contribution in [0.25, 0.3) is 0 Å². The van der Waals surface area contributed by atoms with E-state index in [0.717, 1.165) is 0 Å². The first kappa shape index (κ1) is 19.5. The Morgan fingerprint density at radius 3 is 2.00 bits per heavy atom. The number of carbonyl (C=O) groups is 1. The molecule has 0 rings (SSSR count). The molecule has 1 atom stereocenters. The highest BCUT2D eigenvalue weighted by atomic mass is 32.2. The van der Waals surface area contributed by atoms with Crippen molar-refractivity contribution in [3.8, 4) is 0 Å². The molecule has 0 bridgehead atoms. The van der Waals surface area contributed by atoms with Crippen molar-refractivity contribution in [2.75, 3.05) is 5.75 Å². The fourth-order valence-electron chi connectivity index (χ4n) is 1.05. The molecule has 120 valence electrons. The van der Waals surface area contributed by atoms with Gasteiger partial charge in [0.15, 0.2) is 11.3 Å². The molecule has 0 N–H and O–H groups in total. The normalized spacial score (nSPS) is 15.2. The smallest absolute Gasteiger partial charge is 0.287 e. The molecule has 0 fully saturated rings. The molecule has 0 aromatic heterocycles. The van der Waals surface area contributed by atoms with E-state index >= 15 is 0 Å². The molecule has 20 heavy (non-hydrogen) atoms. The molecule has 0 radical (unpaired) electrons. The van der Waals surface area contributed by atoms with Crippen molar-refractivity contribution in [3.05, 3.63) is 0 Å². The van der Waals surface area contributed by atoms with Crippen molar-refractivity contribution in [1.29, 1.82) is 0 Å². The summed E-state index contributed by atoms with van der Waals surface area (Å²) in [6.45, 7) is 1.45. The third kappa shape index (κ3) is 5.84. The van der Waals surface area contributed by atoms with E-state index in [1.807, 2.05) is 0 Å². The molecule has 0 amide bonds. The quantitative estimate of drug-likeness (QED) is 0.634. The zero-order valence-corrected chi connectivity index (χ0v) is 11.1. The molecule has 0 spiro atoms. The predicted molar refractivity (Wildman–Crippen MR) is 57.8 cm³/mol. The van der Waals surface area contributed by atoms with Crippen LogP contribution in [0, 0.1) is 0 Å². The maximum Gasteiger partial charge on any atom is 0.453 e. The lowest BCUT2D eigenvalue weighted by atomic mass is 10.0. The Morgan fingerprint density at radius 1 is 1.10 bits per heavy atom. The highest BCUT2D eigenvalue weighted by Crippen LogP contribution is 2.42. The highest BCUT2D eigenvalue weighted by Gasteiger charge is 2.60. The van der Waals surface area contributed by atoms with Crippen LogP contribution in [0.1, 0.15) is 26.2 Å². The van der Waals surface area contributed by atoms with Gasteiger partial charge in [0.2, 0.25) is 0 Å². The second-order valence-corrected chi connectivity index (χ2v) is 5.11. The van der Waals surface area contributed by atoms with Gasteiger partial charge in [-0.2, -0.15) is 22.0 Å². The number of thioether (sulfide) groups is 1. The van der Waals surface area contributed by atoms with Crippen LogP contribution in [-0.4, -0.2) is 35.1 Å². The van der Waals surface area contributed by atoms with Crippen LogP contribution in [-0.2, 0) is 4.79 Å². The zero-order valence-electron chi connectivity index (χ0n) is 10.2. The number of hydrogen-bond acceptors (Lipinski definition) is 2. The molecule has 1 nitrogen and oxygen atoms in total. The molecule has 0 aliphatic heterocycles. The summed E-state index contributed by atoms with van der Waals surface area (Å²) in [5, 5.41) is -0.461. The molecule has 0 saturated heterocycles. The Bertz CT molecular complexity index is 328. The van der Waals surface area contributed by atoms with E-state index in [-0.39, 0.29) is 6.42 Å². The Hall–Kier alpha value is -0.540. The van der Waals surface area contributed by atoms with Crippen LogP contribution in [0.15, 0.2) is 0 Å². The van der Waals surface area contributed by atoms with Crippen molar-refractivity contribution in [3.63, 3.8) is 0 Å². The van der Waals surface area contributed by atoms with Gasteiger partial charge in [-0.25, -0.2) is 13.2 Å². The molecule has 0 aromatic carbocycles. The molecule has 0 heterocycles. The number of halogens is 8. The van der Waals surface area contributed by atoms with Crippen molar-refractivity contribution in [2.24, 2.45) is 0 Å². The van der Waals surface area contributed by atoms with E-state index in [4.69, 9.17) is 0 Å². The van der Waals surface area contributed by atoms with E-state index in [1.54, 1.807) is 0 Å². The second-order valence-electron chi connectivity index (χ2n) is 3.96. The minimum atomic E-state index is -6.08. The second kappa shape index (κ2) is 6.95. The first-order valence-corrected chi connectivity index (χ1v) is 6.44. The monoisotopic (exact) mass is 332 g/mol. The molecule has 1 unspecified atom stereocenters. The van der Waals surface area contributed by atoms with E-state index in [2.05, 4.69) is 0 Å². The lowest BCUT2D eigenvalue weighted by Gasteiger charge is -2.25. The van der Waals surface area contributed by atoms with Gasteiger partial charge in [-0.05, 0) is 0 Å². The van der Waals surface area contributed by atoms with Gasteiger partial charge in [0.1, 0.15) is 0 Å². The maximum atomic E-state index is 13.1. The molecule has 0 aliphatic rings. The van der Waals surface area contributed by atoms with Crippen LogP contribution in [0.2, 0.25) is 0 Å². The fraction of sp³-hybridized carbons (Fsp3) is 0.900. The summed E-state index contributed by atoms with van der Waals surface area (Å²) in [6.07, 6.45) is -13.6. The Balaban J connectivity index is 4.51. The van der Waals surface area contributed by atoms with Gasteiger partial charge in [-0.15, -0.1) is 0 Å². The standard InChI is InChI=1S/C10H12F8OS/c1-2-7(19)20-4-3-8(12,13)6(11)5-9(14,15)10(16,17)18/h6H,2-5H2,1H3. The largest absolute Gasteiger partial charge is 0.453 e. The number of hydrogen-bond donors (Lipinski definition) is 0. The Morgan fingerprint density at radius 2 is 1.60 bits per heavy atom. The zero-order chi connectivity index (χ0) is 16.2. The summed E-state index contributed by atoms with van der Waals surface area (Å²) in [5.74, 6) is -10.4. The van der Waals surface area contributed by atoms with Crippen LogP contribution in [0.3, 0.4) is 0 Å². The van der Waals surface area contributed by atoms with Crippen molar-refractivity contribution in [1.82, 2.24) is 0 Å². The minimum absolute atomic E-state index is 0.0431. The number of rotatable bonds is 7. The van der Waals surface area contributed by atoms with Gasteiger partial charge in [-0.3, -0.25) is 4.79 Å². The van der Waals surface area contributed by atoms with Gasteiger partial charge < -0.3 is 0 Å². The molecular formula is C10H12F8OS. The molecular weight excluding hydrogens is 320 g/mol. The van der Waals surface area contributed by atoms with Gasteiger partial charge >= 0.3 is 12.1 Å². The molecule has 10 heteroatoms. The topological polar surface area (TPSA) is 17.1 Å². The van der Waals surface area contributed by atoms with E-state index < -0.39 is 47.9 Å². The summed E-state index contributed by atoms with van der Waals surface area (Å²) in [6, 6.07) is 0. The molecule has 0 aliphatic carbocycles. The third-order valence-corrected chi connectivity index (χ3v) is 3.31. The fourth-order valence-corrected chi connectivity index (χ4v) is 1.86. The number of alkyl halides is 8. The van der Waals surface area contributed by atoms with Gasteiger partial charge in [-0.1, -0.05) is 18.7 Å². The lowest BCUT2D eigenvalue weighted by Crippen LogP contribution is -2.43. The van der Waals surface area contributed by atoms with E-state index in [0.29, 0.717) is 11.8 Å². The minimum Gasteiger partial charge on any atom is -0.287 e. The Kier molecular flexibility index (Phi) is 6.76. The van der Waals surface area contributed by atoms with Crippen molar-refractivity contribution in [2.45, 2.75) is 50.4 Å². The van der Waals surface area contributed by atoms with Crippen LogP contribution in [0.4, 0.5) is 35.1 Å². The third-order valence-electron chi connectivity index (χ3n) is 2.30. The molecule has 0 saturated carbocycles. The van der Waals surface area contributed by atoms with E-state index in [1.165, 1.54) is 6.92 Å². The van der Waals surface area contributed by atoms with Crippen molar-refractivity contribution >= 4 is 16.9 Å². The summed E-state index contributed by atoms with van der Waals surface area (Å²) < 4.78 is 99.4. The average molecular weight is 332 g/mol. The summed E-state index contributed by atoms with van der Waals surface area (Å²) in [5.41, 5.74) is 0.